The fraction of sp³-hybridized carbons (Fsp3) is 0.500. The molecule has 196 valence electrons. The first-order valence-electron chi connectivity index (χ1n) is 12.0. The number of ketones is 1. The van der Waals surface area contributed by atoms with Crippen molar-refractivity contribution >= 4 is 15.8 Å². The van der Waals surface area contributed by atoms with Crippen molar-refractivity contribution in [1.29, 1.82) is 0 Å². The lowest BCUT2D eigenvalue weighted by Gasteiger charge is -2.34. The van der Waals surface area contributed by atoms with Gasteiger partial charge in [0.2, 0.25) is 10.0 Å². The summed E-state index contributed by atoms with van der Waals surface area (Å²) in [5.41, 5.74) is -0.826. The van der Waals surface area contributed by atoms with Crippen molar-refractivity contribution in [2.75, 3.05) is 19.8 Å². The van der Waals surface area contributed by atoms with E-state index in [1.54, 1.807) is 13.8 Å². The van der Waals surface area contributed by atoms with E-state index in [0.29, 0.717) is 19.0 Å². The highest BCUT2D eigenvalue weighted by molar-refractivity contribution is 7.89. The number of hydrogen-bond donors (Lipinski definition) is 0. The summed E-state index contributed by atoms with van der Waals surface area (Å²) >= 11 is 0. The molecule has 0 spiro atoms. The van der Waals surface area contributed by atoms with Crippen molar-refractivity contribution in [2.24, 2.45) is 11.8 Å². The van der Waals surface area contributed by atoms with Crippen LogP contribution in [-0.2, 0) is 27.5 Å². The van der Waals surface area contributed by atoms with Gasteiger partial charge in [-0.3, -0.25) is 4.79 Å². The average Bonchev–Trinajstić information content (AvgIpc) is 2.83. The molecule has 2 heterocycles. The van der Waals surface area contributed by atoms with Crippen molar-refractivity contribution in [3.8, 4) is 5.75 Å². The molecule has 0 bridgehead atoms. The van der Waals surface area contributed by atoms with E-state index in [9.17, 15) is 26.4 Å². The van der Waals surface area contributed by atoms with Gasteiger partial charge in [-0.05, 0) is 48.6 Å². The summed E-state index contributed by atoms with van der Waals surface area (Å²) in [6.07, 6.45) is -3.16. The van der Waals surface area contributed by atoms with E-state index in [2.05, 4.69) is 0 Å². The minimum Gasteiger partial charge on any atom is -0.489 e. The number of sulfonamides is 1. The van der Waals surface area contributed by atoms with Gasteiger partial charge >= 0.3 is 6.18 Å². The van der Waals surface area contributed by atoms with E-state index in [4.69, 9.17) is 9.47 Å². The quantitative estimate of drug-likeness (QED) is 0.490. The topological polar surface area (TPSA) is 72.9 Å². The van der Waals surface area contributed by atoms with E-state index in [0.717, 1.165) is 23.2 Å². The molecule has 2 aromatic carbocycles. The molecule has 1 atom stereocenters. The molecule has 6 nitrogen and oxygen atoms in total. The molecule has 1 fully saturated rings. The first kappa shape index (κ1) is 26.6. The molecule has 1 unspecified atom stereocenters. The number of halogens is 3. The number of ether oxygens (including phenoxy) is 2. The minimum atomic E-state index is -4.61. The maximum absolute atomic E-state index is 13.6. The minimum absolute atomic E-state index is 0.0158. The van der Waals surface area contributed by atoms with Gasteiger partial charge in [0, 0.05) is 38.6 Å². The molecule has 1 saturated heterocycles. The van der Waals surface area contributed by atoms with Crippen LogP contribution in [0.4, 0.5) is 13.2 Å². The van der Waals surface area contributed by atoms with Gasteiger partial charge < -0.3 is 9.47 Å². The molecule has 0 saturated carbocycles. The van der Waals surface area contributed by atoms with Crippen LogP contribution in [0.25, 0.3) is 0 Å². The van der Waals surface area contributed by atoms with Crippen molar-refractivity contribution in [2.45, 2.75) is 56.8 Å². The zero-order valence-corrected chi connectivity index (χ0v) is 21.1. The molecule has 0 aromatic heterocycles. The summed E-state index contributed by atoms with van der Waals surface area (Å²) < 4.78 is 80.4. The Hall–Kier alpha value is -2.43. The summed E-state index contributed by atoms with van der Waals surface area (Å²) in [6, 6.07) is 9.08. The lowest BCUT2D eigenvalue weighted by atomic mass is 9.87. The number of fused-ring (bicyclic) bond motifs is 1. The zero-order valence-electron chi connectivity index (χ0n) is 20.3. The SMILES string of the molecule is CC(C)CN(Cc1ccccc1C(F)(F)F)S(=O)(=O)c1ccc2c(c1)C(=O)CC(C1CCOCC1)O2. The van der Waals surface area contributed by atoms with E-state index >= 15 is 0 Å². The molecule has 0 radical (unpaired) electrons. The highest BCUT2D eigenvalue weighted by atomic mass is 32.2. The van der Waals surface area contributed by atoms with Crippen LogP contribution in [0.3, 0.4) is 0 Å². The molecule has 0 amide bonds. The molecule has 4 rings (SSSR count). The summed E-state index contributed by atoms with van der Waals surface area (Å²) in [5, 5.41) is 0. The molecule has 2 aliphatic rings. The Balaban J connectivity index is 1.63. The van der Waals surface area contributed by atoms with Gasteiger partial charge in [-0.2, -0.15) is 17.5 Å². The van der Waals surface area contributed by atoms with Crippen LogP contribution in [0.2, 0.25) is 0 Å². The maximum Gasteiger partial charge on any atom is 0.416 e. The first-order valence-corrected chi connectivity index (χ1v) is 13.5. The fourth-order valence-electron chi connectivity index (χ4n) is 4.77. The highest BCUT2D eigenvalue weighted by Crippen LogP contribution is 2.36. The number of benzene rings is 2. The van der Waals surface area contributed by atoms with Crippen LogP contribution in [0.1, 0.15) is 54.6 Å². The van der Waals surface area contributed by atoms with Crippen LogP contribution in [0.5, 0.6) is 5.75 Å². The Morgan fingerprint density at radius 2 is 1.78 bits per heavy atom. The van der Waals surface area contributed by atoms with Crippen molar-refractivity contribution in [1.82, 2.24) is 4.31 Å². The molecular formula is C26H30F3NO5S. The summed E-state index contributed by atoms with van der Waals surface area (Å²) in [4.78, 5) is 12.8. The monoisotopic (exact) mass is 525 g/mol. The largest absolute Gasteiger partial charge is 0.489 e. The van der Waals surface area contributed by atoms with Crippen LogP contribution in [0.15, 0.2) is 47.4 Å². The lowest BCUT2D eigenvalue weighted by Crippen LogP contribution is -2.37. The third kappa shape index (κ3) is 5.76. The van der Waals surface area contributed by atoms with Crippen LogP contribution < -0.4 is 4.74 Å². The molecule has 36 heavy (non-hydrogen) atoms. The molecule has 0 aliphatic carbocycles. The van der Waals surface area contributed by atoms with Crippen molar-refractivity contribution in [3.63, 3.8) is 0 Å². The predicted molar refractivity (Wildman–Crippen MR) is 127 cm³/mol. The van der Waals surface area contributed by atoms with Gasteiger partial charge in [-0.1, -0.05) is 32.0 Å². The van der Waals surface area contributed by atoms with Gasteiger partial charge in [-0.25, -0.2) is 8.42 Å². The second kappa shape index (κ2) is 10.5. The van der Waals surface area contributed by atoms with Gasteiger partial charge in [0.15, 0.2) is 5.78 Å². The number of carbonyl (C=O) groups is 1. The Morgan fingerprint density at radius 1 is 1.08 bits per heavy atom. The molecule has 0 N–H and O–H groups in total. The van der Waals surface area contributed by atoms with E-state index in [-0.39, 0.29) is 52.7 Å². The third-order valence-electron chi connectivity index (χ3n) is 6.58. The van der Waals surface area contributed by atoms with Crippen LogP contribution in [0, 0.1) is 11.8 Å². The summed E-state index contributed by atoms with van der Waals surface area (Å²) in [6.45, 7) is 4.39. The Morgan fingerprint density at radius 3 is 2.44 bits per heavy atom. The lowest BCUT2D eigenvalue weighted by molar-refractivity contribution is -0.138. The molecular weight excluding hydrogens is 495 g/mol. The number of rotatable bonds is 7. The van der Waals surface area contributed by atoms with Gasteiger partial charge in [0.1, 0.15) is 11.9 Å². The zero-order chi connectivity index (χ0) is 26.1. The Kier molecular flexibility index (Phi) is 7.78. The van der Waals surface area contributed by atoms with Crippen molar-refractivity contribution in [3.05, 3.63) is 59.2 Å². The third-order valence-corrected chi connectivity index (χ3v) is 8.39. The number of nitrogens with zero attached hydrogens (tertiary/aromatic N) is 1. The smallest absolute Gasteiger partial charge is 0.416 e. The molecule has 10 heteroatoms. The summed E-state index contributed by atoms with van der Waals surface area (Å²) in [5.74, 6) is 0.178. The van der Waals surface area contributed by atoms with Gasteiger partial charge in [0.25, 0.3) is 0 Å². The van der Waals surface area contributed by atoms with Crippen molar-refractivity contribution < 1.29 is 35.9 Å². The van der Waals surface area contributed by atoms with E-state index in [1.807, 2.05) is 0 Å². The van der Waals surface area contributed by atoms with E-state index < -0.39 is 28.3 Å². The molecule has 2 aromatic rings. The normalized spacial score (nSPS) is 19.4. The second-order valence-electron chi connectivity index (χ2n) is 9.74. The standard InChI is InChI=1S/C26H30F3NO5S/c1-17(2)15-30(16-19-5-3-4-6-22(19)26(27,28)29)36(32,33)20-7-8-24-21(13-20)23(31)14-25(35-24)18-9-11-34-12-10-18/h3-8,13,17-18,25H,9-12,14-16H2,1-2H3. The highest BCUT2D eigenvalue weighted by Gasteiger charge is 2.37. The number of alkyl halides is 3. The average molecular weight is 526 g/mol. The maximum atomic E-state index is 13.6. The fourth-order valence-corrected chi connectivity index (χ4v) is 6.38. The summed E-state index contributed by atoms with van der Waals surface area (Å²) in [7, 11) is -4.21. The second-order valence-corrected chi connectivity index (χ2v) is 11.7. The van der Waals surface area contributed by atoms with Crippen LogP contribution >= 0.6 is 0 Å². The Bertz CT molecular complexity index is 1210. The Labute approximate surface area is 209 Å². The number of hydrogen-bond acceptors (Lipinski definition) is 5. The van der Waals surface area contributed by atoms with Gasteiger partial charge in [-0.15, -0.1) is 0 Å². The number of Topliss-reactive ketones (excluding diaryl/α,β-unsaturated/α-hetero) is 1. The molecule has 2 aliphatic heterocycles. The predicted octanol–water partition coefficient (Wildman–Crippen LogP) is 5.31. The van der Waals surface area contributed by atoms with Gasteiger partial charge in [0.05, 0.1) is 16.0 Å². The number of carbonyl (C=O) groups excluding carboxylic acids is 1. The first-order chi connectivity index (χ1) is 17.0. The van der Waals surface area contributed by atoms with E-state index in [1.165, 1.54) is 36.4 Å². The van der Waals surface area contributed by atoms with Crippen LogP contribution in [-0.4, -0.2) is 44.4 Å².